The average Bonchev–Trinajstić information content (AvgIpc) is 2.71. The number of nitrogens with zero attached hydrogens (tertiary/aromatic N) is 2. The second kappa shape index (κ2) is 2.16. The molecule has 0 saturated heterocycles. The fourth-order valence-corrected chi connectivity index (χ4v) is 1.42. The van der Waals surface area contributed by atoms with Crippen molar-refractivity contribution >= 4 is 23.0 Å². The predicted octanol–water partition coefficient (Wildman–Crippen LogP) is 0.533. The number of hydrogen-bond donors (Lipinski definition) is 0. The summed E-state index contributed by atoms with van der Waals surface area (Å²) in [5.41, 5.74) is 0.959. The van der Waals surface area contributed by atoms with Crippen molar-refractivity contribution in [2.75, 3.05) is 0 Å². The van der Waals surface area contributed by atoms with Crippen LogP contribution in [0.2, 0.25) is 0 Å². The van der Waals surface area contributed by atoms with Crippen LogP contribution in [0.25, 0.3) is 11.1 Å². The van der Waals surface area contributed by atoms with E-state index in [0.717, 1.165) is 0 Å². The number of hydrogen-bond acceptors (Lipinski definition) is 6. The molecule has 6 heteroatoms. The predicted molar refractivity (Wildman–Crippen MR) is 41.5 cm³/mol. The topological polar surface area (TPSA) is 82.3 Å². The lowest BCUT2D eigenvalue weighted by Gasteiger charge is -1.89. The van der Waals surface area contributed by atoms with E-state index in [4.69, 9.17) is 4.52 Å². The van der Waals surface area contributed by atoms with Gasteiger partial charge in [0.05, 0.1) is 5.56 Å². The summed E-state index contributed by atoms with van der Waals surface area (Å²) >= 11 is 0. The molecule has 0 N–H and O–H groups in total. The van der Waals surface area contributed by atoms with Gasteiger partial charge in [-0.3, -0.25) is 0 Å². The maximum absolute atomic E-state index is 11.2. The maximum atomic E-state index is 11.2. The van der Waals surface area contributed by atoms with Crippen LogP contribution in [0.15, 0.2) is 16.7 Å². The highest BCUT2D eigenvalue weighted by Crippen LogP contribution is 2.26. The summed E-state index contributed by atoms with van der Waals surface area (Å²) < 4.78 is 9.17. The number of fused-ring (bicyclic) bond motifs is 3. The maximum Gasteiger partial charge on any atom is 0.349 e. The monoisotopic (exact) mass is 190 g/mol. The van der Waals surface area contributed by atoms with Crippen molar-refractivity contribution in [1.29, 1.82) is 0 Å². The highest BCUT2D eigenvalue weighted by molar-refractivity contribution is 6.19. The van der Waals surface area contributed by atoms with E-state index in [1.54, 1.807) is 0 Å². The molecule has 2 heterocycles. The minimum absolute atomic E-state index is 0.133. The van der Waals surface area contributed by atoms with E-state index in [1.807, 2.05) is 0 Å². The summed E-state index contributed by atoms with van der Waals surface area (Å²) in [5, 5.41) is 6.90. The van der Waals surface area contributed by atoms with Crippen molar-refractivity contribution < 1.29 is 18.8 Å². The minimum atomic E-state index is -0.702. The summed E-state index contributed by atoms with van der Waals surface area (Å²) in [5.74, 6) is -1.36. The highest BCUT2D eigenvalue weighted by atomic mass is 16.6. The molecule has 0 atom stereocenters. The summed E-state index contributed by atoms with van der Waals surface area (Å²) in [4.78, 5) is 22.4. The van der Waals surface area contributed by atoms with Gasteiger partial charge in [0.1, 0.15) is 11.1 Å². The standard InChI is InChI=1S/C8H2N2O4/c11-7-3-1-2-4-6(9-10-14-4)5(3)8(12)13-7/h1-2H. The van der Waals surface area contributed by atoms with Gasteiger partial charge in [0, 0.05) is 5.27 Å². The Morgan fingerprint density at radius 2 is 2.00 bits per heavy atom. The zero-order chi connectivity index (χ0) is 9.71. The summed E-state index contributed by atoms with van der Waals surface area (Å²) in [6, 6.07) is 2.98. The van der Waals surface area contributed by atoms with Crippen molar-refractivity contribution in [3.8, 4) is 0 Å². The first-order chi connectivity index (χ1) is 6.77. The van der Waals surface area contributed by atoms with Crippen molar-refractivity contribution in [3.63, 3.8) is 0 Å². The van der Waals surface area contributed by atoms with Gasteiger partial charge in [-0.2, -0.15) is 0 Å². The number of carbonyl (C=O) groups is 2. The van der Waals surface area contributed by atoms with Crippen LogP contribution < -0.4 is 0 Å². The summed E-state index contributed by atoms with van der Waals surface area (Å²) in [6.07, 6.45) is 0. The van der Waals surface area contributed by atoms with E-state index in [0.29, 0.717) is 5.58 Å². The highest BCUT2D eigenvalue weighted by Gasteiger charge is 2.33. The van der Waals surface area contributed by atoms with Crippen LogP contribution in [0.5, 0.6) is 0 Å². The largest absolute Gasteiger partial charge is 0.386 e. The molecule has 0 amide bonds. The lowest BCUT2D eigenvalue weighted by Crippen LogP contribution is -1.97. The van der Waals surface area contributed by atoms with Crippen LogP contribution in [0.1, 0.15) is 20.7 Å². The Kier molecular flexibility index (Phi) is 1.11. The lowest BCUT2D eigenvalue weighted by atomic mass is 10.1. The van der Waals surface area contributed by atoms with E-state index in [2.05, 4.69) is 15.1 Å². The Labute approximate surface area is 76.4 Å². The first-order valence-corrected chi connectivity index (χ1v) is 3.79. The molecule has 0 fully saturated rings. The molecular weight excluding hydrogens is 188 g/mol. The Bertz CT molecular complexity index is 572. The molecule has 0 unspecified atom stereocenters. The van der Waals surface area contributed by atoms with E-state index < -0.39 is 11.9 Å². The van der Waals surface area contributed by atoms with Crippen LogP contribution in [-0.4, -0.2) is 22.3 Å². The SMILES string of the molecule is O=C1OC(=O)c2c1ccc1onnc21. The third-order valence-corrected chi connectivity index (χ3v) is 2.03. The summed E-state index contributed by atoms with van der Waals surface area (Å²) in [6.45, 7) is 0. The van der Waals surface area contributed by atoms with Gasteiger partial charge in [-0.15, -0.1) is 5.10 Å². The number of esters is 2. The van der Waals surface area contributed by atoms with E-state index in [1.165, 1.54) is 12.1 Å². The first kappa shape index (κ1) is 7.19. The van der Waals surface area contributed by atoms with Crippen LogP contribution in [0.4, 0.5) is 0 Å². The molecule has 0 aliphatic carbocycles. The molecule has 6 nitrogen and oxygen atoms in total. The lowest BCUT2D eigenvalue weighted by molar-refractivity contribution is 0.0444. The quantitative estimate of drug-likeness (QED) is 0.445. The Balaban J connectivity index is 2.51. The third-order valence-electron chi connectivity index (χ3n) is 2.03. The molecule has 3 rings (SSSR count). The fourth-order valence-electron chi connectivity index (χ4n) is 1.42. The van der Waals surface area contributed by atoms with Gasteiger partial charge in [-0.25, -0.2) is 9.59 Å². The zero-order valence-corrected chi connectivity index (χ0v) is 6.68. The van der Waals surface area contributed by atoms with E-state index in [9.17, 15) is 9.59 Å². The van der Waals surface area contributed by atoms with Gasteiger partial charge in [0.15, 0.2) is 5.58 Å². The van der Waals surface area contributed by atoms with Gasteiger partial charge in [-0.05, 0) is 12.1 Å². The van der Waals surface area contributed by atoms with Crippen LogP contribution in [-0.2, 0) is 4.74 Å². The normalized spacial score (nSPS) is 14.6. The third kappa shape index (κ3) is 0.698. The Hall–Kier alpha value is -2.24. The number of ether oxygens (including phenoxy) is 1. The van der Waals surface area contributed by atoms with Gasteiger partial charge < -0.3 is 9.26 Å². The molecule has 1 aromatic carbocycles. The number of rotatable bonds is 0. The molecule has 1 aromatic heterocycles. The van der Waals surface area contributed by atoms with E-state index in [-0.39, 0.29) is 16.6 Å². The molecular formula is C8H2N2O4. The van der Waals surface area contributed by atoms with Crippen LogP contribution in [0, 0.1) is 0 Å². The zero-order valence-electron chi connectivity index (χ0n) is 6.68. The van der Waals surface area contributed by atoms with Crippen molar-refractivity contribution in [1.82, 2.24) is 10.4 Å². The minimum Gasteiger partial charge on any atom is -0.386 e. The molecule has 2 aromatic rings. The Morgan fingerprint density at radius 1 is 1.14 bits per heavy atom. The molecule has 0 spiro atoms. The fraction of sp³-hybridized carbons (Fsp3) is 0. The van der Waals surface area contributed by atoms with Gasteiger partial charge in [0.2, 0.25) is 0 Å². The van der Waals surface area contributed by atoms with E-state index >= 15 is 0 Å². The van der Waals surface area contributed by atoms with Crippen molar-refractivity contribution in [2.45, 2.75) is 0 Å². The van der Waals surface area contributed by atoms with Crippen molar-refractivity contribution in [2.24, 2.45) is 0 Å². The summed E-state index contributed by atoms with van der Waals surface area (Å²) in [7, 11) is 0. The number of benzene rings is 1. The molecule has 68 valence electrons. The molecule has 0 bridgehead atoms. The van der Waals surface area contributed by atoms with Crippen LogP contribution in [0.3, 0.4) is 0 Å². The molecule has 0 saturated carbocycles. The van der Waals surface area contributed by atoms with Gasteiger partial charge >= 0.3 is 11.9 Å². The molecule has 1 aliphatic rings. The van der Waals surface area contributed by atoms with Crippen molar-refractivity contribution in [3.05, 3.63) is 23.3 Å². The second-order valence-corrected chi connectivity index (χ2v) is 2.78. The van der Waals surface area contributed by atoms with Gasteiger partial charge in [-0.1, -0.05) is 0 Å². The first-order valence-electron chi connectivity index (χ1n) is 3.79. The second-order valence-electron chi connectivity index (χ2n) is 2.78. The number of cyclic esters (lactones) is 2. The number of carbonyl (C=O) groups excluding carboxylic acids is 2. The molecule has 0 radical (unpaired) electrons. The Morgan fingerprint density at radius 3 is 2.86 bits per heavy atom. The molecule has 14 heavy (non-hydrogen) atoms. The average molecular weight is 190 g/mol. The van der Waals surface area contributed by atoms with Gasteiger partial charge in [0.25, 0.3) is 0 Å². The molecule has 1 aliphatic heterocycles. The number of aromatic nitrogens is 2. The smallest absolute Gasteiger partial charge is 0.349 e. The van der Waals surface area contributed by atoms with Crippen LogP contribution >= 0.6 is 0 Å².